The largest absolute Gasteiger partial charge is 0.506 e. The average Bonchev–Trinajstić information content (AvgIpc) is 3.03. The van der Waals surface area contributed by atoms with Gasteiger partial charge in [0, 0.05) is 11.1 Å². The van der Waals surface area contributed by atoms with E-state index in [1.165, 1.54) is 36.4 Å². The summed E-state index contributed by atoms with van der Waals surface area (Å²) in [6.07, 6.45) is 4.16. The van der Waals surface area contributed by atoms with E-state index in [2.05, 4.69) is 0 Å². The van der Waals surface area contributed by atoms with Crippen molar-refractivity contribution in [2.24, 2.45) is 0 Å². The van der Waals surface area contributed by atoms with Crippen molar-refractivity contribution in [1.29, 1.82) is 0 Å². The molecule has 2 aromatic carbocycles. The van der Waals surface area contributed by atoms with Gasteiger partial charge >= 0.3 is 0 Å². The summed E-state index contributed by atoms with van der Waals surface area (Å²) in [5.74, 6) is -0.900. The van der Waals surface area contributed by atoms with Crippen LogP contribution in [-0.4, -0.2) is 27.7 Å². The molecule has 0 aliphatic carbocycles. The van der Waals surface area contributed by atoms with E-state index in [0.29, 0.717) is 11.1 Å². The first kappa shape index (κ1) is 21.0. The fraction of sp³-hybridized carbons (Fsp3) is 0.0870. The molecule has 0 fully saturated rings. The Bertz CT molecular complexity index is 1480. The van der Waals surface area contributed by atoms with Gasteiger partial charge in [-0.15, -0.1) is 0 Å². The van der Waals surface area contributed by atoms with Gasteiger partial charge in [-0.2, -0.15) is 0 Å². The fourth-order valence-electron chi connectivity index (χ4n) is 3.68. The van der Waals surface area contributed by atoms with Gasteiger partial charge in [-0.25, -0.2) is 16.8 Å². The molecule has 2 heterocycles. The minimum Gasteiger partial charge on any atom is -0.506 e. The third-order valence-electron chi connectivity index (χ3n) is 5.06. The molecule has 0 atom stereocenters. The van der Waals surface area contributed by atoms with Gasteiger partial charge in [0.2, 0.25) is 25.5 Å². The van der Waals surface area contributed by atoms with Crippen molar-refractivity contribution in [3.05, 3.63) is 98.8 Å². The number of hydrogen-bond donors (Lipinski definition) is 1. The molecule has 0 radical (unpaired) electrons. The number of carbonyl (C=O) groups excluding carboxylic acids is 1. The zero-order valence-corrected chi connectivity index (χ0v) is 18.3. The summed E-state index contributed by atoms with van der Waals surface area (Å²) in [5, 5.41) is 10.4. The SMILES string of the molecule is CC(=CC(C)=CC1=C(O)c2ccccc2S1(=O)=O)C=C1C(=O)c2ccccc2S1(=O)=O. The van der Waals surface area contributed by atoms with Crippen molar-refractivity contribution in [3.8, 4) is 0 Å². The second kappa shape index (κ2) is 7.18. The molecule has 0 saturated carbocycles. The Morgan fingerprint density at radius 2 is 1.35 bits per heavy atom. The number of ketones is 1. The summed E-state index contributed by atoms with van der Waals surface area (Å²) >= 11 is 0. The normalized spacial score (nSPS) is 20.8. The predicted molar refractivity (Wildman–Crippen MR) is 117 cm³/mol. The van der Waals surface area contributed by atoms with Crippen molar-refractivity contribution < 1.29 is 26.7 Å². The third kappa shape index (κ3) is 3.28. The monoisotopic (exact) mass is 454 g/mol. The minimum atomic E-state index is -3.91. The van der Waals surface area contributed by atoms with Crippen LogP contribution in [-0.2, 0) is 19.7 Å². The second-order valence-electron chi connectivity index (χ2n) is 7.33. The van der Waals surface area contributed by atoms with E-state index < -0.39 is 25.5 Å². The molecule has 1 N–H and O–H groups in total. The second-order valence-corrected chi connectivity index (χ2v) is 11.1. The van der Waals surface area contributed by atoms with Crippen LogP contribution in [0.25, 0.3) is 5.76 Å². The molecule has 4 rings (SSSR count). The lowest BCUT2D eigenvalue weighted by atomic mass is 10.1. The summed E-state index contributed by atoms with van der Waals surface area (Å²) in [4.78, 5) is 12.0. The van der Waals surface area contributed by atoms with Gasteiger partial charge in [0.15, 0.2) is 0 Å². The van der Waals surface area contributed by atoms with E-state index in [9.17, 15) is 26.7 Å². The smallest absolute Gasteiger partial charge is 0.211 e. The van der Waals surface area contributed by atoms with E-state index in [1.54, 1.807) is 44.2 Å². The first-order chi connectivity index (χ1) is 14.5. The molecule has 0 bridgehead atoms. The number of aliphatic hydroxyl groups excluding tert-OH is 1. The lowest BCUT2D eigenvalue weighted by molar-refractivity contribution is 0.104. The van der Waals surface area contributed by atoms with E-state index in [4.69, 9.17) is 0 Å². The first-order valence-corrected chi connectivity index (χ1v) is 12.3. The van der Waals surface area contributed by atoms with Gasteiger partial charge in [0.25, 0.3) is 0 Å². The van der Waals surface area contributed by atoms with Crippen molar-refractivity contribution in [3.63, 3.8) is 0 Å². The summed E-state index contributed by atoms with van der Waals surface area (Å²) in [6, 6.07) is 12.2. The van der Waals surface area contributed by atoms with Crippen molar-refractivity contribution in [2.75, 3.05) is 0 Å². The van der Waals surface area contributed by atoms with Crippen LogP contribution in [0.4, 0.5) is 0 Å². The predicted octanol–water partition coefficient (Wildman–Crippen LogP) is 4.15. The molecule has 2 aromatic rings. The maximum Gasteiger partial charge on any atom is 0.211 e. The summed E-state index contributed by atoms with van der Waals surface area (Å²) in [6.45, 7) is 3.24. The Morgan fingerprint density at radius 1 is 0.806 bits per heavy atom. The van der Waals surface area contributed by atoms with Crippen LogP contribution in [0.2, 0.25) is 0 Å². The Kier molecular flexibility index (Phi) is 4.87. The molecule has 6 nitrogen and oxygen atoms in total. The highest BCUT2D eigenvalue weighted by atomic mass is 32.2. The topological polar surface area (TPSA) is 106 Å². The van der Waals surface area contributed by atoms with Gasteiger partial charge in [-0.1, -0.05) is 30.3 Å². The molecule has 2 aliphatic rings. The van der Waals surface area contributed by atoms with Gasteiger partial charge < -0.3 is 5.11 Å². The van der Waals surface area contributed by atoms with Crippen LogP contribution in [0, 0.1) is 0 Å². The standard InChI is InChI=1S/C23H18O6S2/c1-14(12-20-22(24)16-7-3-5-9-18(16)30(20,26)27)11-15(2)13-21-23(25)17-8-4-6-10-19(17)31(21,28)29/h3-13,24H,1-2H3. The Balaban J connectivity index is 1.72. The number of hydrogen-bond acceptors (Lipinski definition) is 6. The van der Waals surface area contributed by atoms with Gasteiger partial charge in [0.05, 0.1) is 9.79 Å². The third-order valence-corrected chi connectivity index (χ3v) is 8.70. The number of benzene rings is 2. The number of aliphatic hydroxyl groups is 1. The molecule has 0 amide bonds. The van der Waals surface area contributed by atoms with E-state index in [1.807, 2.05) is 0 Å². The van der Waals surface area contributed by atoms with Gasteiger partial charge in [-0.3, -0.25) is 4.79 Å². The molecular formula is C23H18O6S2. The summed E-state index contributed by atoms with van der Waals surface area (Å²) in [7, 11) is -7.76. The van der Waals surface area contributed by atoms with Crippen molar-refractivity contribution in [1.82, 2.24) is 0 Å². The maximum absolute atomic E-state index is 12.7. The maximum atomic E-state index is 12.7. The Hall–Kier alpha value is -3.23. The summed E-state index contributed by atoms with van der Waals surface area (Å²) in [5.41, 5.74) is 1.29. The van der Waals surface area contributed by atoms with Crippen molar-refractivity contribution in [2.45, 2.75) is 23.6 Å². The number of sulfone groups is 2. The van der Waals surface area contributed by atoms with E-state index in [-0.39, 0.29) is 36.5 Å². The number of carbonyl (C=O) groups is 1. The van der Waals surface area contributed by atoms with Crippen LogP contribution in [0.1, 0.15) is 29.8 Å². The first-order valence-electron chi connectivity index (χ1n) is 9.30. The zero-order valence-electron chi connectivity index (χ0n) is 16.7. The van der Waals surface area contributed by atoms with E-state index in [0.717, 1.165) is 0 Å². The highest BCUT2D eigenvalue weighted by Gasteiger charge is 2.38. The highest BCUT2D eigenvalue weighted by Crippen LogP contribution is 2.39. The number of fused-ring (bicyclic) bond motifs is 2. The molecular weight excluding hydrogens is 436 g/mol. The summed E-state index contributed by atoms with van der Waals surface area (Å²) < 4.78 is 50.9. The molecule has 0 spiro atoms. The molecule has 0 saturated heterocycles. The molecule has 2 aliphatic heterocycles. The quantitative estimate of drug-likeness (QED) is 0.552. The highest BCUT2D eigenvalue weighted by molar-refractivity contribution is 7.97. The number of Topliss-reactive ketones (excluding diaryl/α,β-unsaturated/α-hetero) is 1. The van der Waals surface area contributed by atoms with Crippen LogP contribution in [0.15, 0.2) is 97.5 Å². The minimum absolute atomic E-state index is 0.0174. The number of rotatable bonds is 3. The van der Waals surface area contributed by atoms with Crippen molar-refractivity contribution >= 4 is 31.2 Å². The average molecular weight is 455 g/mol. The fourth-order valence-corrected chi connectivity index (χ4v) is 6.98. The molecule has 158 valence electrons. The van der Waals surface area contributed by atoms with Gasteiger partial charge in [0.1, 0.15) is 15.6 Å². The molecule has 31 heavy (non-hydrogen) atoms. The Labute approximate surface area is 180 Å². The van der Waals surface area contributed by atoms with Crippen LogP contribution >= 0.6 is 0 Å². The number of allylic oxidation sites excluding steroid dienone is 6. The molecule has 8 heteroatoms. The molecule has 0 unspecified atom stereocenters. The Morgan fingerprint density at radius 3 is 1.94 bits per heavy atom. The van der Waals surface area contributed by atoms with Crippen LogP contribution < -0.4 is 0 Å². The lowest BCUT2D eigenvalue weighted by Gasteiger charge is -2.01. The zero-order chi connectivity index (χ0) is 22.6. The van der Waals surface area contributed by atoms with Crippen LogP contribution in [0.3, 0.4) is 0 Å². The van der Waals surface area contributed by atoms with Gasteiger partial charge in [-0.05, 0) is 61.4 Å². The van der Waals surface area contributed by atoms with Crippen LogP contribution in [0.5, 0.6) is 0 Å². The van der Waals surface area contributed by atoms with E-state index >= 15 is 0 Å². The lowest BCUT2D eigenvalue weighted by Crippen LogP contribution is -2.02. The molecule has 0 aromatic heterocycles.